The normalized spacial score (nSPS) is 8.57. The number of hydrogen-bond acceptors (Lipinski definition) is 3. The van der Waals surface area contributed by atoms with Gasteiger partial charge in [0.15, 0.2) is 6.61 Å². The first-order valence-electron chi connectivity index (χ1n) is 1.77. The number of carbonyl (C=O) groups is 1. The molecule has 40 valence electrons. The minimum Gasteiger partial charge on any atom is -0.479 e. The van der Waals surface area contributed by atoms with Gasteiger partial charge in [0.2, 0.25) is 7.98 Å². The molecule has 0 aliphatic heterocycles. The lowest BCUT2D eigenvalue weighted by Gasteiger charge is -1.92. The number of carboxylic acids is 1. The van der Waals surface area contributed by atoms with Gasteiger partial charge in [-0.05, 0) is 0 Å². The van der Waals surface area contributed by atoms with Gasteiger partial charge in [-0.25, -0.2) is 4.79 Å². The molecule has 0 saturated carbocycles. The average molecular weight is 103 g/mol. The van der Waals surface area contributed by atoms with Crippen LogP contribution in [0.4, 0.5) is 0 Å². The molecule has 0 aromatic carbocycles. The second kappa shape index (κ2) is 3.64. The summed E-state index contributed by atoms with van der Waals surface area (Å²) in [5.41, 5.74) is 0. The molecule has 0 amide bonds. The van der Waals surface area contributed by atoms with Crippen LogP contribution in [0.3, 0.4) is 0 Å². The fourth-order valence-electron chi connectivity index (χ4n) is 0.134. The van der Waals surface area contributed by atoms with Crippen LogP contribution in [0.1, 0.15) is 0 Å². The first-order chi connectivity index (χ1) is 3.27. The summed E-state index contributed by atoms with van der Waals surface area (Å²) < 4.78 is 0. The van der Waals surface area contributed by atoms with Gasteiger partial charge in [-0.15, -0.1) is 0 Å². The second-order valence-corrected chi connectivity index (χ2v) is 0.887. The summed E-state index contributed by atoms with van der Waals surface area (Å²) in [6.07, 6.45) is 0. The van der Waals surface area contributed by atoms with Gasteiger partial charge in [0.1, 0.15) is 0 Å². The predicted molar refractivity (Wildman–Crippen MR) is 25.3 cm³/mol. The van der Waals surface area contributed by atoms with Gasteiger partial charge < -0.3 is 9.94 Å². The first kappa shape index (κ1) is 6.45. The van der Waals surface area contributed by atoms with Crippen LogP contribution >= 0.6 is 0 Å². The maximum absolute atomic E-state index is 9.59. The lowest BCUT2D eigenvalue weighted by molar-refractivity contribution is -0.143. The summed E-state index contributed by atoms with van der Waals surface area (Å²) in [5, 5.41) is 10.1. The van der Waals surface area contributed by atoms with Gasteiger partial charge in [0, 0.05) is 0 Å². The Balaban J connectivity index is 2.82. The summed E-state index contributed by atoms with van der Waals surface area (Å²) in [5.74, 6) is -0.977. The molecule has 0 bridgehead atoms. The van der Waals surface area contributed by atoms with Crippen molar-refractivity contribution in [2.24, 2.45) is 0 Å². The van der Waals surface area contributed by atoms with Crippen molar-refractivity contribution >= 4 is 14.0 Å². The molecule has 0 radical (unpaired) electrons. The summed E-state index contributed by atoms with van der Waals surface area (Å²) in [4.78, 5) is 13.8. The van der Waals surface area contributed by atoms with Crippen molar-refractivity contribution in [1.29, 1.82) is 0 Å². The zero-order valence-electron chi connectivity index (χ0n) is 3.97. The molecule has 0 heterocycles. The van der Waals surface area contributed by atoms with Crippen molar-refractivity contribution in [2.45, 2.75) is 0 Å². The van der Waals surface area contributed by atoms with Crippen molar-refractivity contribution in [2.75, 3.05) is 6.61 Å². The Morgan fingerprint density at radius 2 is 2.57 bits per heavy atom. The molecule has 2 N–H and O–H groups in total. The Morgan fingerprint density at radius 3 is 2.71 bits per heavy atom. The standard InChI is InChI=1S/C2H6BNO3/c3-4-7-1-2(5)6/h4H,1,3H2,(H,5,6). The quantitative estimate of drug-likeness (QED) is 0.325. The number of hydrogen-bond donors (Lipinski definition) is 2. The predicted octanol–water partition coefficient (Wildman–Crippen LogP) is -1.86. The number of carboxylic acid groups (broad SMARTS) is 1. The molecule has 5 heteroatoms. The molecule has 0 aromatic heterocycles. The number of nitrogens with one attached hydrogen (secondary N) is 1. The third kappa shape index (κ3) is 5.45. The highest BCUT2D eigenvalue weighted by Crippen LogP contribution is 1.61. The van der Waals surface area contributed by atoms with Crippen LogP contribution < -0.4 is 5.39 Å². The van der Waals surface area contributed by atoms with E-state index in [-0.39, 0.29) is 6.61 Å². The van der Waals surface area contributed by atoms with E-state index < -0.39 is 5.97 Å². The van der Waals surface area contributed by atoms with Gasteiger partial charge in [0.05, 0.1) is 0 Å². The number of aliphatic carboxylic acids is 1. The van der Waals surface area contributed by atoms with E-state index >= 15 is 0 Å². The van der Waals surface area contributed by atoms with Crippen LogP contribution in [0, 0.1) is 0 Å². The smallest absolute Gasteiger partial charge is 0.331 e. The highest BCUT2D eigenvalue weighted by Gasteiger charge is 1.90. The lowest BCUT2D eigenvalue weighted by Crippen LogP contribution is -2.16. The maximum Gasteiger partial charge on any atom is 0.331 e. The number of rotatable bonds is 3. The summed E-state index contributed by atoms with van der Waals surface area (Å²) in [6.45, 7) is -0.295. The molecule has 0 saturated heterocycles. The Labute approximate surface area is 41.9 Å². The van der Waals surface area contributed by atoms with Gasteiger partial charge in [-0.2, -0.15) is 0 Å². The summed E-state index contributed by atoms with van der Waals surface area (Å²) in [6, 6.07) is 0. The van der Waals surface area contributed by atoms with Crippen LogP contribution in [0.15, 0.2) is 0 Å². The highest BCUT2D eigenvalue weighted by molar-refractivity contribution is 6.03. The average Bonchev–Trinajstić information content (AvgIpc) is 1.61. The van der Waals surface area contributed by atoms with E-state index in [2.05, 4.69) is 10.2 Å². The SMILES string of the molecule is BNOCC(=O)O. The molecular formula is C2H6BNO3. The molecule has 0 rings (SSSR count). The minimum absolute atomic E-state index is 0.295. The van der Waals surface area contributed by atoms with Gasteiger partial charge >= 0.3 is 5.97 Å². The molecule has 0 atom stereocenters. The van der Waals surface area contributed by atoms with E-state index in [9.17, 15) is 4.79 Å². The van der Waals surface area contributed by atoms with Crippen molar-refractivity contribution < 1.29 is 14.7 Å². The van der Waals surface area contributed by atoms with E-state index in [1.165, 1.54) is 7.98 Å². The Bertz CT molecular complexity index is 66.0. The Hall–Kier alpha value is -0.545. The van der Waals surface area contributed by atoms with Crippen molar-refractivity contribution in [3.8, 4) is 0 Å². The van der Waals surface area contributed by atoms with Crippen LogP contribution in [-0.4, -0.2) is 25.7 Å². The molecule has 0 spiro atoms. The fraction of sp³-hybridized carbons (Fsp3) is 0.500. The zero-order chi connectivity index (χ0) is 5.70. The molecule has 0 fully saturated rings. The lowest BCUT2D eigenvalue weighted by atomic mass is 10.5. The summed E-state index contributed by atoms with van der Waals surface area (Å²) in [7, 11) is 1.50. The second-order valence-electron chi connectivity index (χ2n) is 0.887. The van der Waals surface area contributed by atoms with Crippen LogP contribution in [-0.2, 0) is 9.63 Å². The minimum atomic E-state index is -0.977. The summed E-state index contributed by atoms with van der Waals surface area (Å²) >= 11 is 0. The Kier molecular flexibility index (Phi) is 3.35. The molecule has 0 aliphatic rings. The largest absolute Gasteiger partial charge is 0.479 e. The van der Waals surface area contributed by atoms with E-state index in [0.717, 1.165) is 0 Å². The fourth-order valence-corrected chi connectivity index (χ4v) is 0.134. The third-order valence-electron chi connectivity index (χ3n) is 0.340. The molecular weight excluding hydrogens is 96.8 g/mol. The van der Waals surface area contributed by atoms with Crippen molar-refractivity contribution in [1.82, 2.24) is 5.39 Å². The first-order valence-corrected chi connectivity index (χ1v) is 1.77. The van der Waals surface area contributed by atoms with E-state index in [0.29, 0.717) is 0 Å². The van der Waals surface area contributed by atoms with Gasteiger partial charge in [-0.3, -0.25) is 5.39 Å². The van der Waals surface area contributed by atoms with Crippen molar-refractivity contribution in [3.05, 3.63) is 0 Å². The monoisotopic (exact) mass is 103 g/mol. The topological polar surface area (TPSA) is 58.6 Å². The molecule has 0 aromatic rings. The van der Waals surface area contributed by atoms with Crippen LogP contribution in [0.25, 0.3) is 0 Å². The Morgan fingerprint density at radius 1 is 2.00 bits per heavy atom. The van der Waals surface area contributed by atoms with Gasteiger partial charge in [-0.1, -0.05) is 0 Å². The zero-order valence-corrected chi connectivity index (χ0v) is 3.97. The van der Waals surface area contributed by atoms with Crippen molar-refractivity contribution in [3.63, 3.8) is 0 Å². The highest BCUT2D eigenvalue weighted by atomic mass is 16.6. The molecule has 0 aliphatic carbocycles. The van der Waals surface area contributed by atoms with E-state index in [1.807, 2.05) is 0 Å². The van der Waals surface area contributed by atoms with E-state index in [1.54, 1.807) is 0 Å². The van der Waals surface area contributed by atoms with E-state index in [4.69, 9.17) is 5.11 Å². The molecule has 0 unspecified atom stereocenters. The third-order valence-corrected chi connectivity index (χ3v) is 0.340. The van der Waals surface area contributed by atoms with Gasteiger partial charge in [0.25, 0.3) is 0 Å². The molecule has 4 nitrogen and oxygen atoms in total. The maximum atomic E-state index is 9.59. The molecule has 7 heavy (non-hydrogen) atoms. The van der Waals surface area contributed by atoms with Crippen LogP contribution in [0.2, 0.25) is 0 Å². The van der Waals surface area contributed by atoms with Crippen LogP contribution in [0.5, 0.6) is 0 Å².